The quantitative estimate of drug-likeness (QED) is 0.796. The van der Waals surface area contributed by atoms with Gasteiger partial charge in [-0.15, -0.1) is 0 Å². The molecule has 2 aliphatic carbocycles. The highest BCUT2D eigenvalue weighted by atomic mass is 35.5. The van der Waals surface area contributed by atoms with Crippen LogP contribution >= 0.6 is 11.6 Å². The molecule has 3 amide bonds. The van der Waals surface area contributed by atoms with Crippen LogP contribution < -0.4 is 10.6 Å². The minimum absolute atomic E-state index is 0.0347. The van der Waals surface area contributed by atoms with Crippen molar-refractivity contribution >= 4 is 23.5 Å². The van der Waals surface area contributed by atoms with Crippen LogP contribution in [0.25, 0.3) is 0 Å². The van der Waals surface area contributed by atoms with Crippen LogP contribution in [-0.4, -0.2) is 42.0 Å². The number of urea groups is 1. The maximum absolute atomic E-state index is 12.6. The molecule has 2 saturated carbocycles. The molecule has 3 aliphatic rings. The van der Waals surface area contributed by atoms with Gasteiger partial charge in [-0.1, -0.05) is 49.1 Å². The lowest BCUT2D eigenvalue weighted by atomic mass is 9.95. The summed E-state index contributed by atoms with van der Waals surface area (Å²) in [6.07, 6.45) is 8.46. The van der Waals surface area contributed by atoms with Crippen LogP contribution in [0, 0.1) is 5.92 Å². The molecule has 2 atom stereocenters. The van der Waals surface area contributed by atoms with E-state index < -0.39 is 0 Å². The van der Waals surface area contributed by atoms with E-state index in [2.05, 4.69) is 10.6 Å². The number of carbonyl (C=O) groups is 2. The molecule has 1 aromatic rings. The zero-order valence-electron chi connectivity index (χ0n) is 16.3. The molecule has 152 valence electrons. The third-order valence-electron chi connectivity index (χ3n) is 6.49. The van der Waals surface area contributed by atoms with E-state index in [9.17, 15) is 9.59 Å². The maximum Gasteiger partial charge on any atom is 0.317 e. The Morgan fingerprint density at radius 2 is 1.61 bits per heavy atom. The monoisotopic (exact) mass is 403 g/mol. The smallest absolute Gasteiger partial charge is 0.317 e. The molecule has 1 saturated heterocycles. The molecule has 4 rings (SSSR count). The molecule has 0 radical (unpaired) electrons. The van der Waals surface area contributed by atoms with Crippen LogP contribution in [-0.2, 0) is 4.79 Å². The molecule has 2 unspecified atom stereocenters. The second-order valence-electron chi connectivity index (χ2n) is 8.52. The number of nitrogens with zero attached hydrogens (tertiary/aromatic N) is 1. The summed E-state index contributed by atoms with van der Waals surface area (Å²) >= 11 is 6.26. The Balaban J connectivity index is 1.20. The fraction of sp³-hybridized carbons (Fsp3) is 0.636. The summed E-state index contributed by atoms with van der Waals surface area (Å²) in [5, 5.41) is 7.14. The number of benzene rings is 1. The Kier molecular flexibility index (Phi) is 6.10. The van der Waals surface area contributed by atoms with E-state index in [0.29, 0.717) is 19.1 Å². The highest BCUT2D eigenvalue weighted by Crippen LogP contribution is 2.49. The highest BCUT2D eigenvalue weighted by Gasteiger charge is 2.45. The van der Waals surface area contributed by atoms with E-state index in [4.69, 9.17) is 11.6 Å². The van der Waals surface area contributed by atoms with Crippen molar-refractivity contribution in [2.75, 3.05) is 13.1 Å². The molecule has 0 aromatic heterocycles. The maximum atomic E-state index is 12.6. The summed E-state index contributed by atoms with van der Waals surface area (Å²) in [5.41, 5.74) is 1.08. The zero-order chi connectivity index (χ0) is 19.5. The van der Waals surface area contributed by atoms with Gasteiger partial charge in [0.1, 0.15) is 0 Å². The molecule has 3 fully saturated rings. The third-order valence-corrected chi connectivity index (χ3v) is 6.84. The fourth-order valence-electron chi connectivity index (χ4n) is 4.65. The topological polar surface area (TPSA) is 61.4 Å². The van der Waals surface area contributed by atoms with E-state index >= 15 is 0 Å². The number of halogens is 1. The van der Waals surface area contributed by atoms with Gasteiger partial charge in [-0.3, -0.25) is 4.79 Å². The molecule has 0 spiro atoms. The van der Waals surface area contributed by atoms with Gasteiger partial charge in [0.2, 0.25) is 5.91 Å². The van der Waals surface area contributed by atoms with Crippen molar-refractivity contribution in [2.24, 2.45) is 5.92 Å². The normalized spacial score (nSPS) is 26.0. The molecule has 28 heavy (non-hydrogen) atoms. The molecule has 2 N–H and O–H groups in total. The molecule has 5 nitrogen and oxygen atoms in total. The van der Waals surface area contributed by atoms with Gasteiger partial charge in [-0.25, -0.2) is 4.79 Å². The number of amides is 3. The Hall–Kier alpha value is -1.75. The number of hydrogen-bond acceptors (Lipinski definition) is 2. The van der Waals surface area contributed by atoms with E-state index in [1.165, 1.54) is 19.3 Å². The summed E-state index contributed by atoms with van der Waals surface area (Å²) in [6, 6.07) is 8.37. The van der Waals surface area contributed by atoms with Crippen molar-refractivity contribution in [2.45, 2.75) is 69.4 Å². The van der Waals surface area contributed by atoms with Gasteiger partial charge in [0.15, 0.2) is 0 Å². The van der Waals surface area contributed by atoms with Crippen molar-refractivity contribution in [1.29, 1.82) is 0 Å². The molecule has 6 heteroatoms. The lowest BCUT2D eigenvalue weighted by molar-refractivity contribution is -0.123. The fourth-order valence-corrected chi connectivity index (χ4v) is 4.93. The van der Waals surface area contributed by atoms with Gasteiger partial charge < -0.3 is 15.5 Å². The van der Waals surface area contributed by atoms with Crippen LogP contribution in [0.15, 0.2) is 24.3 Å². The standard InChI is InChI=1S/C22H30ClN3O2/c23-20-9-5-4-8-17(20)18-14-19(18)21(27)24-16-10-12-26(13-11-16)22(28)25-15-6-2-1-3-7-15/h4-5,8-9,15-16,18-19H,1-3,6-7,10-14H2,(H,24,27)(H,25,28). The van der Waals surface area contributed by atoms with Crippen molar-refractivity contribution in [3.8, 4) is 0 Å². The van der Waals surface area contributed by atoms with E-state index in [1.54, 1.807) is 0 Å². The summed E-state index contributed by atoms with van der Waals surface area (Å²) in [4.78, 5) is 27.0. The van der Waals surface area contributed by atoms with Gasteiger partial charge in [-0.05, 0) is 49.7 Å². The highest BCUT2D eigenvalue weighted by molar-refractivity contribution is 6.31. The number of rotatable bonds is 4. The van der Waals surface area contributed by atoms with E-state index in [1.807, 2.05) is 29.2 Å². The average molecular weight is 404 g/mol. The Labute approximate surface area is 172 Å². The zero-order valence-corrected chi connectivity index (χ0v) is 17.1. The molecule has 1 heterocycles. The first-order valence-corrected chi connectivity index (χ1v) is 11.1. The van der Waals surface area contributed by atoms with Crippen molar-refractivity contribution in [1.82, 2.24) is 15.5 Å². The molecule has 1 aliphatic heterocycles. The predicted molar refractivity (Wildman–Crippen MR) is 110 cm³/mol. The lowest BCUT2D eigenvalue weighted by Crippen LogP contribution is -2.51. The second-order valence-corrected chi connectivity index (χ2v) is 8.93. The number of carbonyl (C=O) groups excluding carboxylic acids is 2. The first-order chi connectivity index (χ1) is 13.6. The summed E-state index contributed by atoms with van der Waals surface area (Å²) in [5.74, 6) is 0.414. The van der Waals surface area contributed by atoms with E-state index in [0.717, 1.165) is 42.7 Å². The Morgan fingerprint density at radius 3 is 2.32 bits per heavy atom. The van der Waals surface area contributed by atoms with Crippen molar-refractivity contribution < 1.29 is 9.59 Å². The predicted octanol–water partition coefficient (Wildman–Crippen LogP) is 4.07. The minimum atomic E-state index is 0.0347. The third kappa shape index (κ3) is 4.62. The Bertz CT molecular complexity index is 711. The van der Waals surface area contributed by atoms with Gasteiger partial charge in [-0.2, -0.15) is 0 Å². The number of hydrogen-bond donors (Lipinski definition) is 2. The number of likely N-dealkylation sites (tertiary alicyclic amines) is 1. The van der Waals surface area contributed by atoms with Gasteiger partial charge in [0.05, 0.1) is 0 Å². The second kappa shape index (κ2) is 8.73. The summed E-state index contributed by atoms with van der Waals surface area (Å²) in [7, 11) is 0. The SMILES string of the molecule is O=C(NC1CCN(C(=O)NC2CCCCC2)CC1)C1CC1c1ccccc1Cl. The summed E-state index contributed by atoms with van der Waals surface area (Å²) < 4.78 is 0. The molecule has 1 aromatic carbocycles. The van der Waals surface area contributed by atoms with Crippen molar-refractivity contribution in [3.63, 3.8) is 0 Å². The molecular formula is C22H30ClN3O2. The minimum Gasteiger partial charge on any atom is -0.353 e. The molecular weight excluding hydrogens is 374 g/mol. The van der Waals surface area contributed by atoms with Gasteiger partial charge >= 0.3 is 6.03 Å². The van der Waals surface area contributed by atoms with Crippen molar-refractivity contribution in [3.05, 3.63) is 34.9 Å². The van der Waals surface area contributed by atoms with Crippen LogP contribution in [0.1, 0.15) is 62.8 Å². The molecule has 0 bridgehead atoms. The number of nitrogens with one attached hydrogen (secondary N) is 2. The first kappa shape index (κ1) is 19.6. The Morgan fingerprint density at radius 1 is 0.929 bits per heavy atom. The number of piperidine rings is 1. The van der Waals surface area contributed by atoms with Crippen LogP contribution in [0.4, 0.5) is 4.79 Å². The van der Waals surface area contributed by atoms with Gasteiger partial charge in [0.25, 0.3) is 0 Å². The van der Waals surface area contributed by atoms with Gasteiger partial charge in [0, 0.05) is 36.1 Å². The summed E-state index contributed by atoms with van der Waals surface area (Å²) in [6.45, 7) is 1.42. The lowest BCUT2D eigenvalue weighted by Gasteiger charge is -2.34. The largest absolute Gasteiger partial charge is 0.353 e. The van der Waals surface area contributed by atoms with E-state index in [-0.39, 0.29) is 29.8 Å². The van der Waals surface area contributed by atoms with Crippen LogP contribution in [0.2, 0.25) is 5.02 Å². The van der Waals surface area contributed by atoms with Crippen LogP contribution in [0.5, 0.6) is 0 Å². The van der Waals surface area contributed by atoms with Crippen LogP contribution in [0.3, 0.4) is 0 Å². The first-order valence-electron chi connectivity index (χ1n) is 10.7. The average Bonchev–Trinajstić information content (AvgIpc) is 3.50.